The summed E-state index contributed by atoms with van der Waals surface area (Å²) in [5.74, 6) is 0.340. The van der Waals surface area contributed by atoms with Gasteiger partial charge in [-0.15, -0.1) is 0 Å². The lowest BCUT2D eigenvalue weighted by Crippen LogP contribution is -2.39. The maximum Gasteiger partial charge on any atom is 0.267 e. The predicted molar refractivity (Wildman–Crippen MR) is 105 cm³/mol. The van der Waals surface area contributed by atoms with Crippen molar-refractivity contribution in [2.24, 2.45) is 0 Å². The fourth-order valence-corrected chi connectivity index (χ4v) is 4.13. The normalized spacial score (nSPS) is 14.9. The molecule has 1 atom stereocenters. The number of hydrogen-bond donors (Lipinski definition) is 0. The summed E-state index contributed by atoms with van der Waals surface area (Å²) in [6, 6.07) is 11.7. The highest BCUT2D eigenvalue weighted by Gasteiger charge is 2.30. The first-order chi connectivity index (χ1) is 12.7. The summed E-state index contributed by atoms with van der Waals surface area (Å²) in [6.45, 7) is 2.18. The van der Waals surface area contributed by atoms with Crippen molar-refractivity contribution in [3.05, 3.63) is 53.1 Å². The van der Waals surface area contributed by atoms with E-state index in [9.17, 15) is 13.2 Å². The number of carbonyl (C=O) groups excluding carboxylic acids is 1. The van der Waals surface area contributed by atoms with Crippen LogP contribution in [0.4, 0.5) is 5.69 Å². The zero-order chi connectivity index (χ0) is 19.8. The molecule has 2 aromatic carbocycles. The monoisotopic (exact) mass is 408 g/mol. The first-order valence-electron chi connectivity index (χ1n) is 8.49. The van der Waals surface area contributed by atoms with E-state index in [1.165, 1.54) is 24.5 Å². The van der Waals surface area contributed by atoms with Crippen molar-refractivity contribution in [2.75, 3.05) is 25.5 Å². The van der Waals surface area contributed by atoms with Crippen LogP contribution >= 0.6 is 11.6 Å². The molecular weight excluding hydrogens is 388 g/mol. The summed E-state index contributed by atoms with van der Waals surface area (Å²) in [4.78, 5) is 14.7. The number of amides is 1. The van der Waals surface area contributed by atoms with Gasteiger partial charge in [-0.3, -0.25) is 4.79 Å². The van der Waals surface area contributed by atoms with Gasteiger partial charge in [0, 0.05) is 31.4 Å². The summed E-state index contributed by atoms with van der Waals surface area (Å²) >= 11 is 5.95. The summed E-state index contributed by atoms with van der Waals surface area (Å²) in [7, 11) is -0.518. The second-order valence-corrected chi connectivity index (χ2v) is 9.12. The zero-order valence-electron chi connectivity index (χ0n) is 15.3. The molecule has 0 spiro atoms. The number of benzene rings is 2. The number of ether oxygens (including phenoxy) is 1. The largest absolute Gasteiger partial charge is 0.481 e. The molecule has 0 aromatic heterocycles. The Bertz CT molecular complexity index is 975. The molecule has 0 N–H and O–H groups in total. The van der Waals surface area contributed by atoms with Crippen LogP contribution in [0.25, 0.3) is 0 Å². The van der Waals surface area contributed by atoms with Gasteiger partial charge in [-0.2, -0.15) is 0 Å². The fraction of sp³-hybridized carbons (Fsp3) is 0.316. The number of sulfonamides is 1. The molecule has 0 fully saturated rings. The Labute approximate surface area is 164 Å². The van der Waals surface area contributed by atoms with Gasteiger partial charge in [-0.05, 0) is 55.3 Å². The molecule has 1 amide bonds. The van der Waals surface area contributed by atoms with Crippen molar-refractivity contribution in [3.8, 4) is 5.75 Å². The maximum atomic E-state index is 12.8. The minimum absolute atomic E-state index is 0.183. The number of halogens is 1. The van der Waals surface area contributed by atoms with Crippen LogP contribution in [0.1, 0.15) is 12.5 Å². The molecule has 8 heteroatoms. The smallest absolute Gasteiger partial charge is 0.267 e. The predicted octanol–water partition coefficient (Wildman–Crippen LogP) is 2.95. The second kappa shape index (κ2) is 7.50. The molecule has 1 aliphatic rings. The van der Waals surface area contributed by atoms with Crippen molar-refractivity contribution < 1.29 is 17.9 Å². The van der Waals surface area contributed by atoms with Crippen LogP contribution in [0, 0.1) is 0 Å². The van der Waals surface area contributed by atoms with Gasteiger partial charge in [0.2, 0.25) is 10.0 Å². The van der Waals surface area contributed by atoms with E-state index in [0.29, 0.717) is 23.7 Å². The Kier molecular flexibility index (Phi) is 5.46. The highest BCUT2D eigenvalue weighted by atomic mass is 35.5. The van der Waals surface area contributed by atoms with E-state index in [1.807, 2.05) is 0 Å². The van der Waals surface area contributed by atoms with Crippen LogP contribution in [-0.2, 0) is 21.2 Å². The number of anilines is 1. The molecule has 1 heterocycles. The number of nitrogens with zero attached hydrogens (tertiary/aromatic N) is 2. The van der Waals surface area contributed by atoms with Crippen molar-refractivity contribution in [1.29, 1.82) is 0 Å². The van der Waals surface area contributed by atoms with Gasteiger partial charge in [0.1, 0.15) is 5.75 Å². The Hall–Kier alpha value is -2.09. The number of hydrogen-bond acceptors (Lipinski definition) is 4. The lowest BCUT2D eigenvalue weighted by Gasteiger charge is -2.22. The van der Waals surface area contributed by atoms with Crippen molar-refractivity contribution in [2.45, 2.75) is 24.3 Å². The van der Waals surface area contributed by atoms with E-state index in [0.717, 1.165) is 11.3 Å². The summed E-state index contributed by atoms with van der Waals surface area (Å²) in [5, 5.41) is 0.535. The first kappa shape index (κ1) is 19.7. The van der Waals surface area contributed by atoms with Crippen LogP contribution in [0.5, 0.6) is 5.75 Å². The van der Waals surface area contributed by atoms with E-state index in [4.69, 9.17) is 16.3 Å². The third kappa shape index (κ3) is 3.95. The summed E-state index contributed by atoms with van der Waals surface area (Å²) in [5.41, 5.74) is 1.56. The number of fused-ring (bicyclic) bond motifs is 1. The molecule has 6 nitrogen and oxygen atoms in total. The van der Waals surface area contributed by atoms with Gasteiger partial charge < -0.3 is 9.64 Å². The van der Waals surface area contributed by atoms with E-state index < -0.39 is 16.1 Å². The Morgan fingerprint density at radius 2 is 1.96 bits per heavy atom. The van der Waals surface area contributed by atoms with Crippen molar-refractivity contribution >= 4 is 33.2 Å². The van der Waals surface area contributed by atoms with Gasteiger partial charge in [0.25, 0.3) is 5.91 Å². The third-order valence-corrected chi connectivity index (χ3v) is 6.49. The molecule has 0 saturated carbocycles. The van der Waals surface area contributed by atoms with Crippen LogP contribution in [0.15, 0.2) is 47.4 Å². The van der Waals surface area contributed by atoms with Crippen LogP contribution in [0.3, 0.4) is 0 Å². The molecule has 2 aromatic rings. The van der Waals surface area contributed by atoms with Crippen LogP contribution < -0.4 is 9.64 Å². The third-order valence-electron chi connectivity index (χ3n) is 4.45. The average molecular weight is 409 g/mol. The van der Waals surface area contributed by atoms with Crippen LogP contribution in [-0.4, -0.2) is 45.4 Å². The van der Waals surface area contributed by atoms with Gasteiger partial charge >= 0.3 is 0 Å². The lowest BCUT2D eigenvalue weighted by atomic mass is 10.2. The molecule has 144 valence electrons. The van der Waals surface area contributed by atoms with Gasteiger partial charge in [-0.25, -0.2) is 12.7 Å². The number of rotatable bonds is 5. The van der Waals surface area contributed by atoms with E-state index in [1.54, 1.807) is 48.2 Å². The number of carbonyl (C=O) groups is 1. The van der Waals surface area contributed by atoms with Crippen LogP contribution in [0.2, 0.25) is 5.02 Å². The van der Waals surface area contributed by atoms with E-state index in [2.05, 4.69) is 0 Å². The van der Waals surface area contributed by atoms with Gasteiger partial charge in [0.05, 0.1) is 4.90 Å². The molecule has 3 rings (SSSR count). The highest BCUT2D eigenvalue weighted by molar-refractivity contribution is 7.89. The van der Waals surface area contributed by atoms with E-state index in [-0.39, 0.29) is 10.8 Å². The minimum atomic E-state index is -3.50. The average Bonchev–Trinajstić information content (AvgIpc) is 3.04. The van der Waals surface area contributed by atoms with Crippen molar-refractivity contribution in [1.82, 2.24) is 4.31 Å². The zero-order valence-corrected chi connectivity index (χ0v) is 16.9. The van der Waals surface area contributed by atoms with Gasteiger partial charge in [0.15, 0.2) is 6.10 Å². The summed E-state index contributed by atoms with van der Waals surface area (Å²) in [6.07, 6.45) is -0.0959. The second-order valence-electron chi connectivity index (χ2n) is 6.54. The van der Waals surface area contributed by atoms with Crippen molar-refractivity contribution in [3.63, 3.8) is 0 Å². The molecule has 27 heavy (non-hydrogen) atoms. The first-order valence-corrected chi connectivity index (χ1v) is 10.3. The van der Waals surface area contributed by atoms with E-state index >= 15 is 0 Å². The maximum absolute atomic E-state index is 12.8. The molecule has 0 saturated heterocycles. The fourth-order valence-electron chi connectivity index (χ4n) is 2.99. The standard InChI is InChI=1S/C19H21ClN2O4S/c1-13(26-16-6-4-5-15(20)12-16)19(23)22-10-9-14-11-17(7-8-18(14)22)27(24,25)21(2)3/h4-8,11-13H,9-10H2,1-3H3/t13-/m1/s1. The van der Waals surface area contributed by atoms with Gasteiger partial charge in [-0.1, -0.05) is 17.7 Å². The topological polar surface area (TPSA) is 66.9 Å². The molecule has 0 radical (unpaired) electrons. The Balaban J connectivity index is 1.80. The lowest BCUT2D eigenvalue weighted by molar-refractivity contribution is -0.124. The minimum Gasteiger partial charge on any atom is -0.481 e. The SMILES string of the molecule is C[C@@H](Oc1cccc(Cl)c1)C(=O)N1CCc2cc(S(=O)(=O)N(C)C)ccc21. The molecule has 0 unspecified atom stereocenters. The Morgan fingerprint density at radius 1 is 1.22 bits per heavy atom. The molecular formula is C19H21ClN2O4S. The molecule has 1 aliphatic heterocycles. The molecule has 0 aliphatic carbocycles. The highest BCUT2D eigenvalue weighted by Crippen LogP contribution is 2.31. The molecule has 0 bridgehead atoms. The Morgan fingerprint density at radius 3 is 2.63 bits per heavy atom. The quantitative estimate of drug-likeness (QED) is 0.762. The summed E-state index contributed by atoms with van der Waals surface area (Å²) < 4.78 is 31.5.